The van der Waals surface area contributed by atoms with Crippen molar-refractivity contribution in [2.45, 2.75) is 13.8 Å². The molecule has 28 heavy (non-hydrogen) atoms. The zero-order valence-corrected chi connectivity index (χ0v) is 16.1. The van der Waals surface area contributed by atoms with Gasteiger partial charge in [-0.1, -0.05) is 23.5 Å². The number of benzene rings is 2. The number of fused-ring (bicyclic) bond motifs is 1. The molecule has 2 heterocycles. The first kappa shape index (κ1) is 17.9. The lowest BCUT2D eigenvalue weighted by Gasteiger charge is -2.06. The number of carbonyl (C=O) groups excluding carboxylic acids is 2. The molecule has 2 amide bonds. The highest BCUT2D eigenvalue weighted by Gasteiger charge is 2.13. The highest BCUT2D eigenvalue weighted by atomic mass is 32.1. The normalized spacial score (nSPS) is 10.8. The largest absolute Gasteiger partial charge is 0.459 e. The molecule has 0 bridgehead atoms. The molecule has 0 aliphatic heterocycles. The Labute approximate surface area is 165 Å². The summed E-state index contributed by atoms with van der Waals surface area (Å²) in [5.41, 5.74) is 4.06. The summed E-state index contributed by atoms with van der Waals surface area (Å²) in [5, 5.41) is 6.09. The van der Waals surface area contributed by atoms with Gasteiger partial charge in [0.2, 0.25) is 0 Å². The van der Waals surface area contributed by atoms with Crippen LogP contribution in [-0.2, 0) is 0 Å². The summed E-state index contributed by atoms with van der Waals surface area (Å²) in [6.07, 6.45) is 1.43. The highest BCUT2D eigenvalue weighted by Crippen LogP contribution is 2.29. The van der Waals surface area contributed by atoms with Gasteiger partial charge < -0.3 is 9.73 Å². The zero-order chi connectivity index (χ0) is 19.7. The molecule has 0 aliphatic carbocycles. The van der Waals surface area contributed by atoms with Crippen molar-refractivity contribution in [3.05, 3.63) is 77.2 Å². The summed E-state index contributed by atoms with van der Waals surface area (Å²) in [6.45, 7) is 4.04. The molecule has 4 aromatic rings. The summed E-state index contributed by atoms with van der Waals surface area (Å²) < 4.78 is 6.11. The maximum Gasteiger partial charge on any atom is 0.291 e. The standard InChI is InChI=1S/C21H17N3O3S/c1-12-9-13(2)18-17(10-12)28-21(23-18)24-19(25)14-5-3-6-15(11-14)22-20(26)16-7-4-8-27-16/h3-11H,1-2H3,(H,22,26)(H,23,24,25). The van der Waals surface area contributed by atoms with Crippen LogP contribution in [0.2, 0.25) is 0 Å². The second-order valence-electron chi connectivity index (χ2n) is 6.41. The van der Waals surface area contributed by atoms with Gasteiger partial charge in [-0.15, -0.1) is 0 Å². The van der Waals surface area contributed by atoms with Crippen molar-refractivity contribution in [1.29, 1.82) is 0 Å². The predicted octanol–water partition coefficient (Wildman–Crippen LogP) is 5.01. The third-order valence-electron chi connectivity index (χ3n) is 4.18. The van der Waals surface area contributed by atoms with E-state index in [9.17, 15) is 9.59 Å². The van der Waals surface area contributed by atoms with Crippen molar-refractivity contribution in [2.24, 2.45) is 0 Å². The Hall–Kier alpha value is -3.45. The average Bonchev–Trinajstić information content (AvgIpc) is 3.31. The lowest BCUT2D eigenvalue weighted by molar-refractivity contribution is 0.0993. The molecule has 0 atom stereocenters. The Morgan fingerprint density at radius 3 is 2.64 bits per heavy atom. The fourth-order valence-electron chi connectivity index (χ4n) is 2.93. The van der Waals surface area contributed by atoms with Crippen molar-refractivity contribution in [2.75, 3.05) is 10.6 Å². The van der Waals surface area contributed by atoms with Crippen LogP contribution in [0, 0.1) is 13.8 Å². The summed E-state index contributed by atoms with van der Waals surface area (Å²) in [7, 11) is 0. The third kappa shape index (κ3) is 3.65. The SMILES string of the molecule is Cc1cc(C)c2nc(NC(=O)c3cccc(NC(=O)c4ccco4)c3)sc2c1. The first-order valence-electron chi connectivity index (χ1n) is 8.63. The molecule has 0 unspecified atom stereocenters. The van der Waals surface area contributed by atoms with Crippen molar-refractivity contribution in [3.8, 4) is 0 Å². The van der Waals surface area contributed by atoms with Crippen LogP contribution in [0.25, 0.3) is 10.2 Å². The van der Waals surface area contributed by atoms with E-state index in [1.807, 2.05) is 13.8 Å². The maximum absolute atomic E-state index is 12.6. The Morgan fingerprint density at radius 2 is 1.86 bits per heavy atom. The van der Waals surface area contributed by atoms with E-state index in [1.54, 1.807) is 36.4 Å². The monoisotopic (exact) mass is 391 g/mol. The molecule has 2 aromatic carbocycles. The zero-order valence-electron chi connectivity index (χ0n) is 15.3. The number of nitrogens with one attached hydrogen (secondary N) is 2. The number of rotatable bonds is 4. The second-order valence-corrected chi connectivity index (χ2v) is 7.44. The number of carbonyl (C=O) groups is 2. The fourth-order valence-corrected chi connectivity index (χ4v) is 3.97. The quantitative estimate of drug-likeness (QED) is 0.512. The lowest BCUT2D eigenvalue weighted by atomic mass is 10.1. The van der Waals surface area contributed by atoms with E-state index < -0.39 is 0 Å². The number of hydrogen-bond donors (Lipinski definition) is 2. The van der Waals surface area contributed by atoms with Crippen molar-refractivity contribution < 1.29 is 14.0 Å². The minimum absolute atomic E-state index is 0.204. The van der Waals surface area contributed by atoms with Gasteiger partial charge in [0.05, 0.1) is 16.5 Å². The van der Waals surface area contributed by atoms with Crippen LogP contribution in [0.15, 0.2) is 59.2 Å². The number of anilines is 2. The molecule has 2 N–H and O–H groups in total. The van der Waals surface area contributed by atoms with Crippen LogP contribution >= 0.6 is 11.3 Å². The van der Waals surface area contributed by atoms with Crippen molar-refractivity contribution >= 4 is 44.2 Å². The molecule has 0 fully saturated rings. The number of nitrogens with zero attached hydrogens (tertiary/aromatic N) is 1. The molecular weight excluding hydrogens is 374 g/mol. The fraction of sp³-hybridized carbons (Fsp3) is 0.0952. The van der Waals surface area contributed by atoms with E-state index in [0.29, 0.717) is 16.4 Å². The highest BCUT2D eigenvalue weighted by molar-refractivity contribution is 7.22. The van der Waals surface area contributed by atoms with Crippen LogP contribution < -0.4 is 10.6 Å². The Balaban J connectivity index is 1.52. The molecule has 2 aromatic heterocycles. The van der Waals surface area contributed by atoms with Gasteiger partial charge in [-0.05, 0) is 61.4 Å². The molecule has 4 rings (SSSR count). The van der Waals surface area contributed by atoms with E-state index >= 15 is 0 Å². The van der Waals surface area contributed by atoms with E-state index in [4.69, 9.17) is 4.42 Å². The molecule has 0 saturated carbocycles. The number of furan rings is 1. The minimum atomic E-state index is -0.375. The first-order valence-corrected chi connectivity index (χ1v) is 9.45. The van der Waals surface area contributed by atoms with E-state index in [-0.39, 0.29) is 17.6 Å². The van der Waals surface area contributed by atoms with Gasteiger partial charge in [0.1, 0.15) is 0 Å². The smallest absolute Gasteiger partial charge is 0.291 e. The topological polar surface area (TPSA) is 84.2 Å². The number of aryl methyl sites for hydroxylation is 2. The van der Waals surface area contributed by atoms with Crippen LogP contribution in [-0.4, -0.2) is 16.8 Å². The maximum atomic E-state index is 12.6. The van der Waals surface area contributed by atoms with Crippen molar-refractivity contribution in [3.63, 3.8) is 0 Å². The van der Waals surface area contributed by atoms with E-state index in [0.717, 1.165) is 21.3 Å². The van der Waals surface area contributed by atoms with E-state index in [1.165, 1.54) is 17.6 Å². The summed E-state index contributed by atoms with van der Waals surface area (Å²) >= 11 is 1.44. The molecule has 6 nitrogen and oxygen atoms in total. The first-order chi connectivity index (χ1) is 13.5. The molecule has 0 aliphatic rings. The van der Waals surface area contributed by atoms with Crippen LogP contribution in [0.3, 0.4) is 0 Å². The predicted molar refractivity (Wildman–Crippen MR) is 110 cm³/mol. The van der Waals surface area contributed by atoms with Gasteiger partial charge in [-0.2, -0.15) is 0 Å². The number of amides is 2. The molecule has 0 spiro atoms. The molecule has 7 heteroatoms. The minimum Gasteiger partial charge on any atom is -0.459 e. The number of hydrogen-bond acceptors (Lipinski definition) is 5. The summed E-state index contributed by atoms with van der Waals surface area (Å²) in [6, 6.07) is 14.0. The molecular formula is C21H17N3O3S. The Bertz CT molecular complexity index is 1180. The molecule has 140 valence electrons. The van der Waals surface area contributed by atoms with Gasteiger partial charge in [0.15, 0.2) is 10.9 Å². The number of thiazole rings is 1. The molecule has 0 radical (unpaired) electrons. The summed E-state index contributed by atoms with van der Waals surface area (Å²) in [5.74, 6) is -0.461. The molecule has 0 saturated heterocycles. The van der Waals surface area contributed by atoms with Crippen molar-refractivity contribution in [1.82, 2.24) is 4.98 Å². The Kier molecular flexibility index (Phi) is 4.67. The third-order valence-corrected chi connectivity index (χ3v) is 5.10. The van der Waals surface area contributed by atoms with E-state index in [2.05, 4.69) is 27.8 Å². The second kappa shape index (κ2) is 7.28. The lowest BCUT2D eigenvalue weighted by Crippen LogP contribution is -2.14. The number of aromatic nitrogens is 1. The Morgan fingerprint density at radius 1 is 1.00 bits per heavy atom. The summed E-state index contributed by atoms with van der Waals surface area (Å²) in [4.78, 5) is 29.3. The van der Waals surface area contributed by atoms with Gasteiger partial charge in [-0.25, -0.2) is 4.98 Å². The van der Waals surface area contributed by atoms with Crippen LogP contribution in [0.5, 0.6) is 0 Å². The van der Waals surface area contributed by atoms with Crippen LogP contribution in [0.4, 0.5) is 10.8 Å². The van der Waals surface area contributed by atoms with Gasteiger partial charge >= 0.3 is 0 Å². The van der Waals surface area contributed by atoms with Gasteiger partial charge in [0.25, 0.3) is 11.8 Å². The van der Waals surface area contributed by atoms with Gasteiger partial charge in [-0.3, -0.25) is 14.9 Å². The average molecular weight is 391 g/mol. The van der Waals surface area contributed by atoms with Crippen LogP contribution in [0.1, 0.15) is 32.0 Å². The van der Waals surface area contributed by atoms with Gasteiger partial charge in [0, 0.05) is 11.3 Å².